The zero-order chi connectivity index (χ0) is 13.1. The zero-order valence-electron chi connectivity index (χ0n) is 9.55. The summed E-state index contributed by atoms with van der Waals surface area (Å²) in [5.41, 5.74) is 1.32. The van der Waals surface area contributed by atoms with Crippen LogP contribution >= 0.6 is 27.3 Å². The van der Waals surface area contributed by atoms with Crippen LogP contribution in [0.3, 0.4) is 0 Å². The van der Waals surface area contributed by atoms with Crippen molar-refractivity contribution in [1.29, 1.82) is 5.26 Å². The Balaban J connectivity index is 2.16. The number of hydrogen-bond donors (Lipinski definition) is 1. The van der Waals surface area contributed by atoms with E-state index in [0.29, 0.717) is 5.69 Å². The third kappa shape index (κ3) is 2.63. The van der Waals surface area contributed by atoms with Crippen molar-refractivity contribution in [2.24, 2.45) is 7.05 Å². The number of hydrogen-bond acceptors (Lipinski definition) is 3. The largest absolute Gasteiger partial charge is 0.345 e. The molecule has 0 aromatic carbocycles. The molecule has 0 aliphatic rings. The molecule has 1 unspecified atom stereocenters. The van der Waals surface area contributed by atoms with Gasteiger partial charge in [-0.25, -0.2) is 0 Å². The van der Waals surface area contributed by atoms with Crippen LogP contribution in [0, 0.1) is 11.3 Å². The van der Waals surface area contributed by atoms with Crippen LogP contribution in [0.25, 0.3) is 0 Å². The normalized spacial score (nSPS) is 11.8. The molecule has 2 aromatic heterocycles. The van der Waals surface area contributed by atoms with Gasteiger partial charge in [0.2, 0.25) is 0 Å². The molecule has 4 nitrogen and oxygen atoms in total. The van der Waals surface area contributed by atoms with Crippen LogP contribution in [0.1, 0.15) is 22.1 Å². The topological polar surface area (TPSA) is 57.8 Å². The molecule has 0 saturated heterocycles. The number of halogens is 1. The summed E-state index contributed by atoms with van der Waals surface area (Å²) in [5, 5.41) is 15.5. The maximum Gasteiger partial charge on any atom is 0.269 e. The molecular weight excluding hydrogens is 314 g/mol. The molecule has 18 heavy (non-hydrogen) atoms. The Morgan fingerprint density at radius 2 is 2.44 bits per heavy atom. The predicted molar refractivity (Wildman–Crippen MR) is 73.3 cm³/mol. The highest BCUT2D eigenvalue weighted by Crippen LogP contribution is 2.18. The molecule has 0 spiro atoms. The highest BCUT2D eigenvalue weighted by molar-refractivity contribution is 9.10. The van der Waals surface area contributed by atoms with Crippen molar-refractivity contribution >= 4 is 33.2 Å². The molecule has 0 aliphatic heterocycles. The Morgan fingerprint density at radius 3 is 2.94 bits per heavy atom. The lowest BCUT2D eigenvalue weighted by Gasteiger charge is -2.10. The van der Waals surface area contributed by atoms with Crippen LogP contribution in [0.2, 0.25) is 0 Å². The molecule has 0 bridgehead atoms. The van der Waals surface area contributed by atoms with Crippen molar-refractivity contribution in [2.75, 3.05) is 0 Å². The van der Waals surface area contributed by atoms with Gasteiger partial charge < -0.3 is 9.88 Å². The number of amides is 1. The number of carbonyl (C=O) groups is 1. The van der Waals surface area contributed by atoms with Crippen LogP contribution in [-0.2, 0) is 7.05 Å². The Kier molecular flexibility index (Phi) is 3.84. The van der Waals surface area contributed by atoms with Crippen LogP contribution in [0.5, 0.6) is 0 Å². The second-order valence-corrected chi connectivity index (χ2v) is 5.44. The molecule has 92 valence electrons. The molecule has 0 fully saturated rings. The monoisotopic (exact) mass is 323 g/mol. The minimum absolute atomic E-state index is 0.263. The van der Waals surface area contributed by atoms with Crippen molar-refractivity contribution in [2.45, 2.75) is 6.04 Å². The van der Waals surface area contributed by atoms with Gasteiger partial charge in [-0.05, 0) is 44.4 Å². The molecule has 1 atom stereocenters. The van der Waals surface area contributed by atoms with Gasteiger partial charge in [0.15, 0.2) is 0 Å². The van der Waals surface area contributed by atoms with Gasteiger partial charge in [-0.3, -0.25) is 4.79 Å². The minimum atomic E-state index is -0.613. The van der Waals surface area contributed by atoms with Crippen molar-refractivity contribution in [3.05, 3.63) is 44.8 Å². The number of aryl methyl sites for hydroxylation is 1. The van der Waals surface area contributed by atoms with Crippen LogP contribution < -0.4 is 5.32 Å². The molecule has 2 rings (SSSR count). The fourth-order valence-corrected chi connectivity index (χ4v) is 2.79. The highest BCUT2D eigenvalue weighted by Gasteiger charge is 2.17. The number of carbonyl (C=O) groups excluding carboxylic acids is 1. The second-order valence-electron chi connectivity index (χ2n) is 3.75. The molecule has 0 radical (unpaired) electrons. The average Bonchev–Trinajstić information content (AvgIpc) is 2.95. The van der Waals surface area contributed by atoms with Crippen molar-refractivity contribution in [3.8, 4) is 6.07 Å². The number of nitriles is 1. The fourth-order valence-electron chi connectivity index (χ4n) is 1.58. The smallest absolute Gasteiger partial charge is 0.269 e. The molecule has 6 heteroatoms. The van der Waals surface area contributed by atoms with E-state index in [4.69, 9.17) is 5.26 Å². The minimum Gasteiger partial charge on any atom is -0.345 e. The summed E-state index contributed by atoms with van der Waals surface area (Å²) >= 11 is 4.81. The summed E-state index contributed by atoms with van der Waals surface area (Å²) in [6.07, 6.45) is 1.79. The van der Waals surface area contributed by atoms with Crippen molar-refractivity contribution in [3.63, 3.8) is 0 Å². The fraction of sp³-hybridized carbons (Fsp3) is 0.167. The average molecular weight is 324 g/mol. The van der Waals surface area contributed by atoms with E-state index in [1.807, 2.05) is 16.8 Å². The maximum atomic E-state index is 12.0. The Hall–Kier alpha value is -1.58. The zero-order valence-corrected chi connectivity index (χ0v) is 12.0. The molecule has 2 heterocycles. The lowest BCUT2D eigenvalue weighted by molar-refractivity contribution is 0.0937. The van der Waals surface area contributed by atoms with Crippen LogP contribution in [-0.4, -0.2) is 10.5 Å². The molecule has 2 aromatic rings. The lowest BCUT2D eigenvalue weighted by atomic mass is 10.1. The van der Waals surface area contributed by atoms with Gasteiger partial charge in [0.1, 0.15) is 11.7 Å². The molecular formula is C12H10BrN3OS. The van der Waals surface area contributed by atoms with Crippen LogP contribution in [0.15, 0.2) is 33.6 Å². The molecule has 0 saturated carbocycles. The van der Waals surface area contributed by atoms with Gasteiger partial charge in [0.05, 0.1) is 6.07 Å². The maximum absolute atomic E-state index is 12.0. The summed E-state index contributed by atoms with van der Waals surface area (Å²) in [7, 11) is 1.78. The van der Waals surface area contributed by atoms with Crippen LogP contribution in [0.4, 0.5) is 0 Å². The lowest BCUT2D eigenvalue weighted by Crippen LogP contribution is -2.28. The first kappa shape index (κ1) is 12.9. The predicted octanol–water partition coefficient (Wildman–Crippen LogP) is 2.84. The summed E-state index contributed by atoms with van der Waals surface area (Å²) < 4.78 is 2.54. The van der Waals surface area contributed by atoms with E-state index < -0.39 is 6.04 Å². The standard InChI is InChI=1S/C12H10BrN3OS/c1-16-6-9(13)4-11(16)12(17)15-10(5-14)8-2-3-18-7-8/h2-4,6-7,10H,1H3,(H,15,17). The van der Waals surface area contributed by atoms with Gasteiger partial charge in [0, 0.05) is 17.7 Å². The number of aromatic nitrogens is 1. The van der Waals surface area contributed by atoms with E-state index in [1.165, 1.54) is 11.3 Å². The summed E-state index contributed by atoms with van der Waals surface area (Å²) in [6, 6.07) is 5.02. The van der Waals surface area contributed by atoms with E-state index in [9.17, 15) is 4.79 Å². The van der Waals surface area contributed by atoms with E-state index >= 15 is 0 Å². The first-order valence-corrected chi connectivity index (χ1v) is 6.90. The third-order valence-corrected chi connectivity index (χ3v) is 3.62. The summed E-state index contributed by atoms with van der Waals surface area (Å²) in [5.74, 6) is -0.263. The van der Waals surface area contributed by atoms with Gasteiger partial charge >= 0.3 is 0 Å². The number of thiophene rings is 1. The van der Waals surface area contributed by atoms with Gasteiger partial charge in [0.25, 0.3) is 5.91 Å². The highest BCUT2D eigenvalue weighted by atomic mass is 79.9. The number of rotatable bonds is 3. The Labute approximate surface area is 117 Å². The van der Waals surface area contributed by atoms with E-state index in [1.54, 1.807) is 23.9 Å². The Bertz CT molecular complexity index is 597. The van der Waals surface area contributed by atoms with E-state index in [-0.39, 0.29) is 5.91 Å². The molecule has 1 amide bonds. The second kappa shape index (κ2) is 5.38. The molecule has 1 N–H and O–H groups in total. The van der Waals surface area contributed by atoms with Crippen molar-refractivity contribution in [1.82, 2.24) is 9.88 Å². The quantitative estimate of drug-likeness (QED) is 0.944. The van der Waals surface area contributed by atoms with Gasteiger partial charge in [-0.2, -0.15) is 16.6 Å². The first-order valence-electron chi connectivity index (χ1n) is 5.16. The number of nitrogens with zero attached hydrogens (tertiary/aromatic N) is 2. The SMILES string of the molecule is Cn1cc(Br)cc1C(=O)NC(C#N)c1ccsc1. The van der Waals surface area contributed by atoms with Gasteiger partial charge in [-0.1, -0.05) is 0 Å². The van der Waals surface area contributed by atoms with Crippen molar-refractivity contribution < 1.29 is 4.79 Å². The van der Waals surface area contributed by atoms with Gasteiger partial charge in [-0.15, -0.1) is 0 Å². The first-order chi connectivity index (χ1) is 8.61. The van der Waals surface area contributed by atoms with E-state index in [2.05, 4.69) is 27.3 Å². The number of nitrogens with one attached hydrogen (secondary N) is 1. The summed E-state index contributed by atoms with van der Waals surface area (Å²) in [6.45, 7) is 0. The Morgan fingerprint density at radius 1 is 1.67 bits per heavy atom. The molecule has 0 aliphatic carbocycles. The summed E-state index contributed by atoms with van der Waals surface area (Å²) in [4.78, 5) is 12.0. The van der Waals surface area contributed by atoms with E-state index in [0.717, 1.165) is 10.0 Å². The third-order valence-electron chi connectivity index (χ3n) is 2.49.